The number of ether oxygens (including phenoxy) is 1. The summed E-state index contributed by atoms with van der Waals surface area (Å²) in [5, 5.41) is 1.45. The third-order valence-electron chi connectivity index (χ3n) is 6.18. The number of carbonyl (C=O) groups is 4. The molecule has 4 aromatic rings. The molecule has 0 radical (unpaired) electrons. The fourth-order valence-electron chi connectivity index (χ4n) is 4.00. The maximum atomic E-state index is 12.4. The molecule has 2 heterocycles. The van der Waals surface area contributed by atoms with Crippen LogP contribution in [-0.2, 0) is 50.1 Å². The summed E-state index contributed by atoms with van der Waals surface area (Å²) in [5.41, 5.74) is 7.65. The Kier molecular flexibility index (Phi) is 14.2. The van der Waals surface area contributed by atoms with Gasteiger partial charge in [0.05, 0.1) is 51.2 Å². The van der Waals surface area contributed by atoms with Gasteiger partial charge in [0, 0.05) is 25.5 Å². The van der Waals surface area contributed by atoms with Crippen molar-refractivity contribution >= 4 is 70.1 Å². The lowest BCUT2D eigenvalue weighted by Gasteiger charge is -2.22. The van der Waals surface area contributed by atoms with E-state index < -0.39 is 23.7 Å². The fourth-order valence-corrected chi connectivity index (χ4v) is 4.76. The Hall–Kier alpha value is -4.22. The third kappa shape index (κ3) is 10.7. The van der Waals surface area contributed by atoms with Crippen molar-refractivity contribution in [2.75, 3.05) is 6.61 Å². The number of amides is 3. The van der Waals surface area contributed by atoms with Crippen molar-refractivity contribution < 1.29 is 23.9 Å². The zero-order valence-corrected chi connectivity index (χ0v) is 27.6. The van der Waals surface area contributed by atoms with Crippen molar-refractivity contribution in [1.82, 2.24) is 19.8 Å². The van der Waals surface area contributed by atoms with Crippen LogP contribution in [0.2, 0.25) is 20.1 Å². The molecule has 0 aliphatic carbocycles. The van der Waals surface area contributed by atoms with Crippen molar-refractivity contribution in [1.29, 1.82) is 0 Å². The minimum Gasteiger partial charge on any atom is -0.459 e. The van der Waals surface area contributed by atoms with Crippen molar-refractivity contribution in [3.63, 3.8) is 0 Å². The van der Waals surface area contributed by atoms with Crippen LogP contribution in [-0.4, -0.2) is 50.1 Å². The zero-order chi connectivity index (χ0) is 33.6. The summed E-state index contributed by atoms with van der Waals surface area (Å²) in [5.74, 6) is -3.50. The number of hydrogen-bond donors (Lipinski definition) is 1. The first-order valence-electron chi connectivity index (χ1n) is 13.7. The Labute approximate surface area is 286 Å². The summed E-state index contributed by atoms with van der Waals surface area (Å²) in [6.07, 6.45) is 3.23. The minimum absolute atomic E-state index is 0.109. The number of pyridine rings is 2. The van der Waals surface area contributed by atoms with E-state index in [9.17, 15) is 19.2 Å². The van der Waals surface area contributed by atoms with Gasteiger partial charge >= 0.3 is 23.7 Å². The highest BCUT2D eigenvalue weighted by molar-refractivity contribution is 6.43. The summed E-state index contributed by atoms with van der Waals surface area (Å²) in [6, 6.07) is 20.9. The lowest BCUT2D eigenvalue weighted by molar-refractivity contribution is -0.160. The topological polar surface area (TPSA) is 136 Å². The Morgan fingerprint density at radius 2 is 1.11 bits per heavy atom. The second kappa shape index (κ2) is 18.1. The number of primary amides is 1. The molecular weight excluding hydrogens is 676 g/mol. The standard InChI is InChI=1S/C17H16Cl2N2O3.C15H13Cl2N3O2/c1-2-24-17(23)16(22)21(11-13-7-3-4-9-20-13)10-12-6-5-8-14(18)15(12)19;16-12-6-3-4-10(13(12)17)8-20(15(22)14(18)21)9-11-5-1-2-7-19-11/h3-9H,2,10-11H2,1H3;1-7H,8-9H2,(H2,18,21). The molecule has 0 aliphatic rings. The number of benzene rings is 2. The molecule has 0 saturated carbocycles. The summed E-state index contributed by atoms with van der Waals surface area (Å²) in [4.78, 5) is 58.4. The molecule has 10 nitrogen and oxygen atoms in total. The maximum absolute atomic E-state index is 12.4. The molecule has 3 amide bonds. The first-order chi connectivity index (χ1) is 22.0. The van der Waals surface area contributed by atoms with Gasteiger partial charge in [-0.25, -0.2) is 4.79 Å². The van der Waals surface area contributed by atoms with Gasteiger partial charge in [0.15, 0.2) is 0 Å². The van der Waals surface area contributed by atoms with Gasteiger partial charge in [-0.15, -0.1) is 0 Å². The van der Waals surface area contributed by atoms with Crippen LogP contribution in [0, 0.1) is 0 Å². The molecule has 2 N–H and O–H groups in total. The van der Waals surface area contributed by atoms with Crippen LogP contribution in [0.15, 0.2) is 85.2 Å². The number of nitrogens with two attached hydrogens (primary N) is 1. The van der Waals surface area contributed by atoms with E-state index in [2.05, 4.69) is 9.97 Å². The molecule has 0 fully saturated rings. The van der Waals surface area contributed by atoms with Gasteiger partial charge in [0.25, 0.3) is 0 Å². The number of halogens is 4. The van der Waals surface area contributed by atoms with E-state index in [4.69, 9.17) is 56.9 Å². The summed E-state index contributed by atoms with van der Waals surface area (Å²) in [7, 11) is 0. The highest BCUT2D eigenvalue weighted by Gasteiger charge is 2.25. The number of carbonyl (C=O) groups excluding carboxylic acids is 4. The fraction of sp³-hybridized carbons (Fsp3) is 0.188. The van der Waals surface area contributed by atoms with Gasteiger partial charge in [0.2, 0.25) is 0 Å². The van der Waals surface area contributed by atoms with Crippen molar-refractivity contribution in [3.8, 4) is 0 Å². The van der Waals surface area contributed by atoms with Gasteiger partial charge in [-0.3, -0.25) is 24.4 Å². The largest absolute Gasteiger partial charge is 0.459 e. The highest BCUT2D eigenvalue weighted by Crippen LogP contribution is 2.28. The monoisotopic (exact) mass is 703 g/mol. The molecule has 0 unspecified atom stereocenters. The first kappa shape index (κ1) is 36.3. The maximum Gasteiger partial charge on any atom is 0.397 e. The van der Waals surface area contributed by atoms with E-state index in [1.807, 2.05) is 6.07 Å². The quantitative estimate of drug-likeness (QED) is 0.170. The Bertz CT molecular complexity index is 1660. The van der Waals surface area contributed by atoms with Crippen LogP contribution < -0.4 is 5.73 Å². The first-order valence-corrected chi connectivity index (χ1v) is 15.2. The molecule has 0 bridgehead atoms. The molecule has 2 aromatic heterocycles. The molecule has 0 spiro atoms. The van der Waals surface area contributed by atoms with Gasteiger partial charge in [0.1, 0.15) is 0 Å². The van der Waals surface area contributed by atoms with E-state index >= 15 is 0 Å². The summed E-state index contributed by atoms with van der Waals surface area (Å²) >= 11 is 24.3. The SMILES string of the molecule is CCOC(=O)C(=O)N(Cc1ccccn1)Cc1cccc(Cl)c1Cl.NC(=O)C(=O)N(Cc1ccccn1)Cc1cccc(Cl)c1Cl. The molecule has 14 heteroatoms. The van der Waals surface area contributed by atoms with Crippen LogP contribution in [0.5, 0.6) is 0 Å². The number of rotatable bonds is 9. The van der Waals surface area contributed by atoms with Crippen LogP contribution >= 0.6 is 46.4 Å². The Balaban J connectivity index is 0.000000251. The molecule has 0 atom stereocenters. The molecule has 0 saturated heterocycles. The second-order valence-corrected chi connectivity index (χ2v) is 11.0. The Morgan fingerprint density at radius 3 is 1.50 bits per heavy atom. The van der Waals surface area contributed by atoms with Gasteiger partial charge in [-0.1, -0.05) is 82.8 Å². The summed E-state index contributed by atoms with van der Waals surface area (Å²) < 4.78 is 4.80. The van der Waals surface area contributed by atoms with Gasteiger partial charge < -0.3 is 20.3 Å². The average molecular weight is 705 g/mol. The Morgan fingerprint density at radius 1 is 0.652 bits per heavy atom. The number of hydrogen-bond acceptors (Lipinski definition) is 7. The van der Waals surface area contributed by atoms with E-state index in [-0.39, 0.29) is 32.8 Å². The highest BCUT2D eigenvalue weighted by atomic mass is 35.5. The minimum atomic E-state index is -1.03. The molecule has 2 aromatic carbocycles. The van der Waals surface area contributed by atoms with Crippen LogP contribution in [0.1, 0.15) is 29.4 Å². The number of esters is 1. The summed E-state index contributed by atoms with van der Waals surface area (Å²) in [6.45, 7) is 2.29. The van der Waals surface area contributed by atoms with Gasteiger partial charge in [-0.05, 0) is 54.4 Å². The van der Waals surface area contributed by atoms with Crippen LogP contribution in [0.3, 0.4) is 0 Å². The number of aromatic nitrogens is 2. The van der Waals surface area contributed by atoms with Crippen molar-refractivity contribution in [2.45, 2.75) is 33.1 Å². The predicted molar refractivity (Wildman–Crippen MR) is 176 cm³/mol. The second-order valence-electron chi connectivity index (χ2n) is 9.48. The smallest absolute Gasteiger partial charge is 0.397 e. The van der Waals surface area contributed by atoms with E-state index in [0.717, 1.165) is 0 Å². The van der Waals surface area contributed by atoms with Crippen LogP contribution in [0.25, 0.3) is 0 Å². The van der Waals surface area contributed by atoms with Crippen molar-refractivity contribution in [2.24, 2.45) is 5.73 Å². The predicted octanol–water partition coefficient (Wildman–Crippen LogP) is 5.88. The zero-order valence-electron chi connectivity index (χ0n) is 24.5. The lowest BCUT2D eigenvalue weighted by Crippen LogP contribution is -2.39. The van der Waals surface area contributed by atoms with Gasteiger partial charge in [-0.2, -0.15) is 0 Å². The lowest BCUT2D eigenvalue weighted by atomic mass is 10.2. The molecule has 4 rings (SSSR count). The van der Waals surface area contributed by atoms with E-state index in [1.165, 1.54) is 9.80 Å². The molecule has 46 heavy (non-hydrogen) atoms. The van der Waals surface area contributed by atoms with Crippen LogP contribution in [0.4, 0.5) is 0 Å². The molecule has 240 valence electrons. The molecule has 0 aliphatic heterocycles. The third-order valence-corrected chi connectivity index (χ3v) is 7.89. The van der Waals surface area contributed by atoms with Crippen molar-refractivity contribution in [3.05, 3.63) is 128 Å². The van der Waals surface area contributed by atoms with E-state index in [0.29, 0.717) is 42.6 Å². The normalized spacial score (nSPS) is 10.3. The molecular formula is C32H29Cl4N5O5. The average Bonchev–Trinajstić information content (AvgIpc) is 3.05. The van der Waals surface area contributed by atoms with E-state index in [1.54, 1.807) is 86.0 Å². The number of nitrogens with zero attached hydrogens (tertiary/aromatic N) is 4.